The molecule has 5 nitrogen and oxygen atoms in total. The average molecular weight is 376 g/mol. The summed E-state index contributed by atoms with van der Waals surface area (Å²) in [6.07, 6.45) is 0. The van der Waals surface area contributed by atoms with Crippen LogP contribution in [0, 0.1) is 13.8 Å². The highest BCUT2D eigenvalue weighted by Crippen LogP contribution is 2.29. The molecule has 0 unspecified atom stereocenters. The molecule has 0 saturated heterocycles. The Balaban J connectivity index is 1.68. The van der Waals surface area contributed by atoms with Gasteiger partial charge in [0.15, 0.2) is 5.13 Å². The lowest BCUT2D eigenvalue weighted by atomic mass is 10.2. The summed E-state index contributed by atoms with van der Waals surface area (Å²) in [4.78, 5) is 19.7. The molecule has 0 spiro atoms. The number of nitrogens with zero attached hydrogens (tertiary/aromatic N) is 4. The number of para-hydroxylation sites is 1. The maximum atomic E-state index is 13.2. The van der Waals surface area contributed by atoms with Gasteiger partial charge in [-0.1, -0.05) is 41.7 Å². The number of carbonyl (C=O) groups is 1. The number of hydrogen-bond acceptors (Lipinski definition) is 4. The minimum Gasteiger partial charge on any atom is -0.282 e. The quantitative estimate of drug-likeness (QED) is 0.517. The first-order valence-corrected chi connectivity index (χ1v) is 9.67. The molecule has 0 aliphatic carbocycles. The van der Waals surface area contributed by atoms with Crippen LogP contribution in [0.3, 0.4) is 0 Å². The molecule has 0 fully saturated rings. The number of hydrogen-bond donors (Lipinski definition) is 0. The van der Waals surface area contributed by atoms with Crippen LogP contribution in [0.4, 0.5) is 5.13 Å². The lowest BCUT2D eigenvalue weighted by Crippen LogP contribution is -2.34. The molecule has 0 N–H and O–H groups in total. The summed E-state index contributed by atoms with van der Waals surface area (Å²) >= 11 is 1.54. The van der Waals surface area contributed by atoms with Crippen molar-refractivity contribution < 1.29 is 4.79 Å². The van der Waals surface area contributed by atoms with Crippen LogP contribution in [0.1, 0.15) is 21.7 Å². The Morgan fingerprint density at radius 3 is 2.52 bits per heavy atom. The van der Waals surface area contributed by atoms with Gasteiger partial charge in [-0.2, -0.15) is 5.10 Å². The predicted molar refractivity (Wildman–Crippen MR) is 109 cm³/mol. The minimum absolute atomic E-state index is 0.0452. The molecule has 27 heavy (non-hydrogen) atoms. The lowest BCUT2D eigenvalue weighted by Gasteiger charge is -2.20. The van der Waals surface area contributed by atoms with E-state index in [0.29, 0.717) is 23.8 Å². The van der Waals surface area contributed by atoms with Crippen LogP contribution in [0.25, 0.3) is 10.2 Å². The fraction of sp³-hybridized carbons (Fsp3) is 0.190. The Morgan fingerprint density at radius 2 is 1.81 bits per heavy atom. The Morgan fingerprint density at radius 1 is 1.07 bits per heavy atom. The zero-order valence-electron chi connectivity index (χ0n) is 15.3. The molecule has 1 amide bonds. The van der Waals surface area contributed by atoms with Crippen molar-refractivity contribution in [3.05, 3.63) is 77.6 Å². The summed E-state index contributed by atoms with van der Waals surface area (Å²) in [6.45, 7) is 5.13. The Kier molecular flexibility index (Phi) is 4.73. The van der Waals surface area contributed by atoms with E-state index in [4.69, 9.17) is 4.98 Å². The Hall–Kier alpha value is -2.99. The van der Waals surface area contributed by atoms with Crippen molar-refractivity contribution in [3.8, 4) is 0 Å². The van der Waals surface area contributed by atoms with E-state index >= 15 is 0 Å². The number of thiazole rings is 1. The number of fused-ring (bicyclic) bond motifs is 1. The zero-order valence-corrected chi connectivity index (χ0v) is 16.1. The van der Waals surface area contributed by atoms with E-state index in [1.807, 2.05) is 79.2 Å². The molecule has 0 aliphatic heterocycles. The summed E-state index contributed by atoms with van der Waals surface area (Å²) in [5.41, 5.74) is 3.64. The molecular weight excluding hydrogens is 356 g/mol. The van der Waals surface area contributed by atoms with Crippen molar-refractivity contribution in [2.75, 3.05) is 11.4 Å². The van der Waals surface area contributed by atoms with E-state index in [0.717, 1.165) is 21.6 Å². The van der Waals surface area contributed by atoms with Crippen LogP contribution in [-0.4, -0.2) is 27.2 Å². The van der Waals surface area contributed by atoms with E-state index in [9.17, 15) is 4.79 Å². The first-order chi connectivity index (χ1) is 13.1. The third kappa shape index (κ3) is 3.61. The zero-order chi connectivity index (χ0) is 18.8. The van der Waals surface area contributed by atoms with Crippen molar-refractivity contribution in [2.24, 2.45) is 0 Å². The summed E-state index contributed by atoms with van der Waals surface area (Å²) in [7, 11) is 0. The third-order valence-corrected chi connectivity index (χ3v) is 5.48. The van der Waals surface area contributed by atoms with Crippen LogP contribution < -0.4 is 4.90 Å². The van der Waals surface area contributed by atoms with Gasteiger partial charge in [0.2, 0.25) is 0 Å². The summed E-state index contributed by atoms with van der Waals surface area (Å²) in [5, 5.41) is 5.23. The van der Waals surface area contributed by atoms with Crippen molar-refractivity contribution >= 4 is 32.6 Å². The molecule has 136 valence electrons. The Labute approximate surface area is 161 Å². The number of rotatable bonds is 5. The topological polar surface area (TPSA) is 51.0 Å². The van der Waals surface area contributed by atoms with Gasteiger partial charge in [-0.15, -0.1) is 0 Å². The number of benzene rings is 2. The predicted octanol–water partition coefficient (Wildman–Crippen LogP) is 4.46. The van der Waals surface area contributed by atoms with E-state index in [-0.39, 0.29) is 5.91 Å². The highest BCUT2D eigenvalue weighted by Gasteiger charge is 2.21. The van der Waals surface area contributed by atoms with E-state index < -0.39 is 0 Å². The van der Waals surface area contributed by atoms with Crippen LogP contribution in [-0.2, 0) is 6.54 Å². The molecule has 4 rings (SSSR count). The first kappa shape index (κ1) is 17.4. The highest BCUT2D eigenvalue weighted by atomic mass is 32.1. The molecule has 0 saturated carbocycles. The number of carbonyl (C=O) groups excluding carboxylic acids is 1. The molecular formula is C21H20N4OS. The Bertz CT molecular complexity index is 1050. The van der Waals surface area contributed by atoms with Gasteiger partial charge in [-0.05, 0) is 44.2 Å². The lowest BCUT2D eigenvalue weighted by molar-refractivity contribution is 0.0985. The van der Waals surface area contributed by atoms with E-state index in [1.54, 1.807) is 4.90 Å². The van der Waals surface area contributed by atoms with Crippen molar-refractivity contribution in [1.82, 2.24) is 14.8 Å². The normalized spacial score (nSPS) is 11.0. The van der Waals surface area contributed by atoms with Gasteiger partial charge in [0.05, 0.1) is 22.5 Å². The van der Waals surface area contributed by atoms with Crippen LogP contribution in [0.2, 0.25) is 0 Å². The van der Waals surface area contributed by atoms with Gasteiger partial charge in [0.25, 0.3) is 5.91 Å². The standard InChI is InChI=1S/C21H20N4OS/c1-15-14-16(2)25(23-15)13-12-24(20(26)17-8-4-3-5-9-17)21-22-18-10-6-7-11-19(18)27-21/h3-11,14H,12-13H2,1-2H3. The summed E-state index contributed by atoms with van der Waals surface area (Å²) in [6, 6.07) is 19.3. The largest absolute Gasteiger partial charge is 0.282 e. The maximum Gasteiger partial charge on any atom is 0.260 e. The minimum atomic E-state index is -0.0452. The number of anilines is 1. The van der Waals surface area contributed by atoms with Gasteiger partial charge < -0.3 is 0 Å². The molecule has 0 aliphatic rings. The molecule has 2 heterocycles. The van der Waals surface area contributed by atoms with Crippen molar-refractivity contribution in [2.45, 2.75) is 20.4 Å². The summed E-state index contributed by atoms with van der Waals surface area (Å²) < 4.78 is 3.01. The maximum absolute atomic E-state index is 13.2. The van der Waals surface area contributed by atoms with E-state index in [2.05, 4.69) is 5.10 Å². The number of aromatic nitrogens is 3. The molecule has 0 atom stereocenters. The number of aryl methyl sites for hydroxylation is 2. The smallest absolute Gasteiger partial charge is 0.260 e. The molecule has 6 heteroatoms. The average Bonchev–Trinajstić information content (AvgIpc) is 3.25. The fourth-order valence-electron chi connectivity index (χ4n) is 3.09. The number of amides is 1. The van der Waals surface area contributed by atoms with E-state index in [1.165, 1.54) is 11.3 Å². The van der Waals surface area contributed by atoms with Gasteiger partial charge in [-0.3, -0.25) is 14.4 Å². The highest BCUT2D eigenvalue weighted by molar-refractivity contribution is 7.22. The second-order valence-electron chi connectivity index (χ2n) is 6.44. The molecule has 2 aromatic carbocycles. The van der Waals surface area contributed by atoms with Crippen LogP contribution in [0.5, 0.6) is 0 Å². The van der Waals surface area contributed by atoms with Crippen molar-refractivity contribution in [3.63, 3.8) is 0 Å². The van der Waals surface area contributed by atoms with Crippen LogP contribution in [0.15, 0.2) is 60.7 Å². The second kappa shape index (κ2) is 7.32. The van der Waals surface area contributed by atoms with Crippen LogP contribution >= 0.6 is 11.3 Å². The fourth-order valence-corrected chi connectivity index (χ4v) is 4.08. The molecule has 4 aromatic rings. The van der Waals surface area contributed by atoms with Gasteiger partial charge in [0.1, 0.15) is 0 Å². The third-order valence-electron chi connectivity index (χ3n) is 4.42. The summed E-state index contributed by atoms with van der Waals surface area (Å²) in [5.74, 6) is -0.0452. The van der Waals surface area contributed by atoms with Gasteiger partial charge >= 0.3 is 0 Å². The van der Waals surface area contributed by atoms with Gasteiger partial charge in [-0.25, -0.2) is 4.98 Å². The molecule has 0 radical (unpaired) electrons. The monoisotopic (exact) mass is 376 g/mol. The van der Waals surface area contributed by atoms with Gasteiger partial charge in [0, 0.05) is 17.8 Å². The molecule has 2 aromatic heterocycles. The molecule has 0 bridgehead atoms. The SMILES string of the molecule is Cc1cc(C)n(CCN(C(=O)c2ccccc2)c2nc3ccccc3s2)n1. The first-order valence-electron chi connectivity index (χ1n) is 8.85. The second-order valence-corrected chi connectivity index (χ2v) is 7.45. The van der Waals surface area contributed by atoms with Crippen molar-refractivity contribution in [1.29, 1.82) is 0 Å².